The normalized spacial score (nSPS) is 13.0. The van der Waals surface area contributed by atoms with Crippen LogP contribution in [0.5, 0.6) is 11.5 Å². The van der Waals surface area contributed by atoms with Crippen LogP contribution in [-0.4, -0.2) is 38.7 Å². The first-order valence-corrected chi connectivity index (χ1v) is 15.2. The third-order valence-electron chi connectivity index (χ3n) is 6.59. The number of benzene rings is 2. The number of hydrogen-bond acceptors (Lipinski definition) is 6. The minimum Gasteiger partial charge on any atom is -0.497 e. The average molecular weight is 498 g/mol. The van der Waals surface area contributed by atoms with Crippen molar-refractivity contribution in [1.29, 1.82) is 0 Å². The molecule has 0 aliphatic rings. The Morgan fingerprint density at radius 1 is 0.943 bits per heavy atom. The van der Waals surface area contributed by atoms with Crippen LogP contribution < -0.4 is 9.47 Å². The lowest BCUT2D eigenvalue weighted by Crippen LogP contribution is -2.41. The van der Waals surface area contributed by atoms with E-state index in [0.29, 0.717) is 37.0 Å². The van der Waals surface area contributed by atoms with Crippen molar-refractivity contribution < 1.29 is 23.4 Å². The number of nitrogens with zero attached hydrogens (tertiary/aromatic N) is 1. The summed E-state index contributed by atoms with van der Waals surface area (Å²) < 4.78 is 23.5. The standard InChI is InChI=1S/C28H39NO5Si/c1-8-9-24(30)27-29-25(20-10-14-22(31-5)15-11-20)26(34-27)21-12-16-23(17-13-21)32-18-19-33-35(6,7)28(2,3)4/h10-17,24,30H,8-9,18-19H2,1-7H3. The Morgan fingerprint density at radius 2 is 1.54 bits per heavy atom. The van der Waals surface area contributed by atoms with Crippen molar-refractivity contribution in [2.45, 2.75) is 64.8 Å². The Morgan fingerprint density at radius 3 is 2.11 bits per heavy atom. The van der Waals surface area contributed by atoms with Crippen LogP contribution in [0.2, 0.25) is 18.1 Å². The van der Waals surface area contributed by atoms with E-state index in [9.17, 15) is 5.11 Å². The highest BCUT2D eigenvalue weighted by Gasteiger charge is 2.36. The number of aromatic nitrogens is 1. The van der Waals surface area contributed by atoms with E-state index < -0.39 is 14.4 Å². The van der Waals surface area contributed by atoms with E-state index in [1.807, 2.05) is 55.5 Å². The zero-order valence-corrected chi connectivity index (χ0v) is 23.1. The number of oxazole rings is 1. The van der Waals surface area contributed by atoms with Crippen LogP contribution in [0.4, 0.5) is 0 Å². The molecule has 6 nitrogen and oxygen atoms in total. The Labute approximate surface area is 210 Å². The van der Waals surface area contributed by atoms with Crippen molar-refractivity contribution in [2.75, 3.05) is 20.3 Å². The van der Waals surface area contributed by atoms with Crippen LogP contribution in [0.25, 0.3) is 22.6 Å². The fourth-order valence-electron chi connectivity index (χ4n) is 3.39. The maximum Gasteiger partial charge on any atom is 0.224 e. The fraction of sp³-hybridized carbons (Fsp3) is 0.464. The quantitative estimate of drug-likeness (QED) is 0.222. The van der Waals surface area contributed by atoms with Crippen LogP contribution in [0.3, 0.4) is 0 Å². The molecule has 1 unspecified atom stereocenters. The molecule has 3 aromatic rings. The van der Waals surface area contributed by atoms with Gasteiger partial charge in [-0.2, -0.15) is 0 Å². The molecule has 1 aromatic heterocycles. The van der Waals surface area contributed by atoms with Gasteiger partial charge in [0.25, 0.3) is 0 Å². The molecular formula is C28H39NO5Si. The minimum atomic E-state index is -1.78. The Kier molecular flexibility index (Phi) is 8.80. The summed E-state index contributed by atoms with van der Waals surface area (Å²) in [6.07, 6.45) is 0.683. The molecule has 0 radical (unpaired) electrons. The number of rotatable bonds is 11. The van der Waals surface area contributed by atoms with Gasteiger partial charge < -0.3 is 23.4 Å². The smallest absolute Gasteiger partial charge is 0.224 e. The molecule has 0 aliphatic carbocycles. The second kappa shape index (κ2) is 11.4. The molecule has 1 atom stereocenters. The third-order valence-corrected chi connectivity index (χ3v) is 11.1. The van der Waals surface area contributed by atoms with Crippen LogP contribution >= 0.6 is 0 Å². The van der Waals surface area contributed by atoms with Crippen molar-refractivity contribution in [3.05, 3.63) is 54.4 Å². The molecule has 1 heterocycles. The van der Waals surface area contributed by atoms with Gasteiger partial charge in [-0.15, -0.1) is 0 Å². The van der Waals surface area contributed by atoms with E-state index >= 15 is 0 Å². The highest BCUT2D eigenvalue weighted by Crippen LogP contribution is 2.37. The largest absolute Gasteiger partial charge is 0.497 e. The summed E-state index contributed by atoms with van der Waals surface area (Å²) in [5.74, 6) is 2.48. The lowest BCUT2D eigenvalue weighted by atomic mass is 10.1. The van der Waals surface area contributed by atoms with Crippen molar-refractivity contribution in [2.24, 2.45) is 0 Å². The number of aliphatic hydroxyl groups excluding tert-OH is 1. The zero-order chi connectivity index (χ0) is 25.6. The highest BCUT2D eigenvalue weighted by molar-refractivity contribution is 6.74. The van der Waals surface area contributed by atoms with Gasteiger partial charge in [-0.05, 0) is 73.1 Å². The Balaban J connectivity index is 1.77. The van der Waals surface area contributed by atoms with Crippen LogP contribution in [-0.2, 0) is 4.43 Å². The van der Waals surface area contributed by atoms with Crippen molar-refractivity contribution in [1.82, 2.24) is 4.98 Å². The van der Waals surface area contributed by atoms with Crippen LogP contribution in [0, 0.1) is 0 Å². The highest BCUT2D eigenvalue weighted by atomic mass is 28.4. The predicted octanol–water partition coefficient (Wildman–Crippen LogP) is 7.25. The third kappa shape index (κ3) is 6.75. The van der Waals surface area contributed by atoms with Crippen LogP contribution in [0.15, 0.2) is 52.9 Å². The molecule has 0 saturated carbocycles. The minimum absolute atomic E-state index is 0.177. The summed E-state index contributed by atoms with van der Waals surface area (Å²) in [5.41, 5.74) is 2.44. The first-order chi connectivity index (χ1) is 16.6. The number of ether oxygens (including phenoxy) is 2. The van der Waals surface area contributed by atoms with Gasteiger partial charge in [-0.1, -0.05) is 34.1 Å². The van der Waals surface area contributed by atoms with E-state index in [1.165, 1.54) is 0 Å². The van der Waals surface area contributed by atoms with Crippen molar-refractivity contribution >= 4 is 8.32 Å². The van der Waals surface area contributed by atoms with Crippen molar-refractivity contribution in [3.8, 4) is 34.1 Å². The molecular weight excluding hydrogens is 458 g/mol. The molecule has 0 amide bonds. The molecule has 0 saturated heterocycles. The summed E-state index contributed by atoms with van der Waals surface area (Å²) in [4.78, 5) is 4.66. The van der Waals surface area contributed by atoms with Crippen LogP contribution in [0.1, 0.15) is 52.5 Å². The molecule has 0 aliphatic heterocycles. The second-order valence-corrected chi connectivity index (χ2v) is 15.1. The summed E-state index contributed by atoms with van der Waals surface area (Å²) in [6.45, 7) is 14.3. The first-order valence-electron chi connectivity index (χ1n) is 12.3. The number of aliphatic hydroxyl groups is 1. The van der Waals surface area contributed by atoms with Gasteiger partial charge in [-0.25, -0.2) is 4.98 Å². The van der Waals surface area contributed by atoms with E-state index in [0.717, 1.165) is 29.0 Å². The molecule has 35 heavy (non-hydrogen) atoms. The van der Waals surface area contributed by atoms with Gasteiger partial charge >= 0.3 is 0 Å². The number of methoxy groups -OCH3 is 1. The van der Waals surface area contributed by atoms with E-state index in [-0.39, 0.29) is 5.04 Å². The molecule has 190 valence electrons. The topological polar surface area (TPSA) is 74.0 Å². The van der Waals surface area contributed by atoms with Gasteiger partial charge in [0.2, 0.25) is 5.89 Å². The summed E-state index contributed by atoms with van der Waals surface area (Å²) in [5, 5.41) is 10.7. The SMILES string of the molecule is CCCC(O)c1nc(-c2ccc(OC)cc2)c(-c2ccc(OCCO[Si](C)(C)C(C)(C)C)cc2)o1. The average Bonchev–Trinajstić information content (AvgIpc) is 3.27. The summed E-state index contributed by atoms with van der Waals surface area (Å²) in [7, 11) is -0.144. The zero-order valence-electron chi connectivity index (χ0n) is 22.1. The monoisotopic (exact) mass is 497 g/mol. The molecule has 0 spiro atoms. The number of hydrogen-bond donors (Lipinski definition) is 1. The van der Waals surface area contributed by atoms with Gasteiger partial charge in [0.15, 0.2) is 14.1 Å². The molecule has 3 rings (SSSR count). The maximum atomic E-state index is 10.5. The van der Waals surface area contributed by atoms with Gasteiger partial charge in [0.1, 0.15) is 29.9 Å². The Hall–Kier alpha value is -2.61. The summed E-state index contributed by atoms with van der Waals surface area (Å²) >= 11 is 0. The van der Waals surface area contributed by atoms with Gasteiger partial charge in [0.05, 0.1) is 13.7 Å². The second-order valence-electron chi connectivity index (χ2n) is 10.2. The van der Waals surface area contributed by atoms with E-state index in [4.69, 9.17) is 18.3 Å². The maximum absolute atomic E-state index is 10.5. The fourth-order valence-corrected chi connectivity index (χ4v) is 4.42. The van der Waals surface area contributed by atoms with Gasteiger partial charge in [-0.3, -0.25) is 0 Å². The predicted molar refractivity (Wildman–Crippen MR) is 142 cm³/mol. The van der Waals surface area contributed by atoms with E-state index in [2.05, 4.69) is 38.8 Å². The molecule has 0 bridgehead atoms. The molecule has 7 heteroatoms. The molecule has 2 aromatic carbocycles. The lowest BCUT2D eigenvalue weighted by molar-refractivity contribution is 0.134. The Bertz CT molecular complexity index is 1070. The van der Waals surface area contributed by atoms with E-state index in [1.54, 1.807) is 7.11 Å². The first kappa shape index (κ1) is 27.0. The van der Waals surface area contributed by atoms with Gasteiger partial charge in [0, 0.05) is 11.1 Å². The molecule has 1 N–H and O–H groups in total. The van der Waals surface area contributed by atoms with Crippen molar-refractivity contribution in [3.63, 3.8) is 0 Å². The molecule has 0 fully saturated rings. The summed E-state index contributed by atoms with van der Waals surface area (Å²) in [6, 6.07) is 15.4. The lowest BCUT2D eigenvalue weighted by Gasteiger charge is -2.36.